The number of ether oxygens (including phenoxy) is 4. The summed E-state index contributed by atoms with van der Waals surface area (Å²) in [6.45, 7) is 7.38. The summed E-state index contributed by atoms with van der Waals surface area (Å²) in [5.41, 5.74) is 0. The number of unbranched alkanes of at least 4 members (excludes halogenated alkanes) is 57. The first-order chi connectivity index (χ1) is 51.1. The van der Waals surface area contributed by atoms with Crippen molar-refractivity contribution in [2.45, 2.75) is 483 Å². The summed E-state index contributed by atoms with van der Waals surface area (Å²) in [6.07, 6.45) is 72.1. The van der Waals surface area contributed by atoms with Gasteiger partial charge in [-0.05, 0) is 31.6 Å². The predicted molar refractivity (Wildman–Crippen MR) is 432 cm³/mol. The summed E-state index contributed by atoms with van der Waals surface area (Å²) in [7, 11) is -9.93. The van der Waals surface area contributed by atoms with Gasteiger partial charge in [0.1, 0.15) is 19.3 Å². The lowest BCUT2D eigenvalue weighted by Crippen LogP contribution is -2.30. The van der Waals surface area contributed by atoms with Gasteiger partial charge in [0.2, 0.25) is 0 Å². The fraction of sp³-hybridized carbons (Fsp3) is 0.953. The highest BCUT2D eigenvalue weighted by Crippen LogP contribution is 2.45. The van der Waals surface area contributed by atoms with Gasteiger partial charge in [-0.15, -0.1) is 0 Å². The largest absolute Gasteiger partial charge is 0.472 e. The molecule has 3 N–H and O–H groups in total. The molecule has 0 saturated carbocycles. The van der Waals surface area contributed by atoms with Crippen molar-refractivity contribution in [1.82, 2.24) is 0 Å². The van der Waals surface area contributed by atoms with Gasteiger partial charge in [0.15, 0.2) is 12.2 Å². The van der Waals surface area contributed by atoms with Gasteiger partial charge in [-0.1, -0.05) is 413 Å². The Morgan fingerprint density at radius 3 is 0.676 bits per heavy atom. The predicted octanol–water partition coefficient (Wildman–Crippen LogP) is 26.4. The molecular formula is C86H168O17P2. The molecule has 0 aromatic rings. The third-order valence-electron chi connectivity index (χ3n) is 20.6. The van der Waals surface area contributed by atoms with Crippen LogP contribution < -0.4 is 0 Å². The lowest BCUT2D eigenvalue weighted by atomic mass is 9.99. The highest BCUT2D eigenvalue weighted by atomic mass is 31.2. The highest BCUT2D eigenvalue weighted by Gasteiger charge is 2.30. The highest BCUT2D eigenvalue weighted by molar-refractivity contribution is 7.47. The van der Waals surface area contributed by atoms with Crippen LogP contribution in [0.4, 0.5) is 0 Å². The number of esters is 4. The van der Waals surface area contributed by atoms with Crippen LogP contribution in [0, 0.1) is 5.92 Å². The van der Waals surface area contributed by atoms with E-state index in [0.29, 0.717) is 25.7 Å². The summed E-state index contributed by atoms with van der Waals surface area (Å²) >= 11 is 0. The molecule has 19 heteroatoms. The molecule has 0 rings (SSSR count). The minimum absolute atomic E-state index is 0.109. The zero-order chi connectivity index (χ0) is 76.9. The van der Waals surface area contributed by atoms with Gasteiger partial charge in [-0.25, -0.2) is 9.13 Å². The van der Waals surface area contributed by atoms with E-state index < -0.39 is 97.5 Å². The Balaban J connectivity index is 5.26. The van der Waals surface area contributed by atoms with E-state index in [1.54, 1.807) is 0 Å². The minimum Gasteiger partial charge on any atom is -0.462 e. The molecule has 0 radical (unpaired) electrons. The molecule has 624 valence electrons. The number of phosphoric acid groups is 2. The Morgan fingerprint density at radius 1 is 0.267 bits per heavy atom. The van der Waals surface area contributed by atoms with E-state index in [1.807, 2.05) is 0 Å². The number of aliphatic hydroxyl groups is 1. The first kappa shape index (κ1) is 103. The van der Waals surface area contributed by atoms with Crippen LogP contribution in [0.15, 0.2) is 0 Å². The van der Waals surface area contributed by atoms with Crippen LogP contribution in [0.25, 0.3) is 0 Å². The maximum Gasteiger partial charge on any atom is 0.472 e. The van der Waals surface area contributed by atoms with E-state index in [2.05, 4.69) is 34.6 Å². The third-order valence-corrected chi connectivity index (χ3v) is 22.5. The second-order valence-electron chi connectivity index (χ2n) is 31.2. The Labute approximate surface area is 645 Å². The molecule has 105 heavy (non-hydrogen) atoms. The minimum atomic E-state index is -4.97. The fourth-order valence-electron chi connectivity index (χ4n) is 13.4. The molecule has 0 heterocycles. The van der Waals surface area contributed by atoms with Crippen molar-refractivity contribution in [3.05, 3.63) is 0 Å². The lowest BCUT2D eigenvalue weighted by Gasteiger charge is -2.21. The number of hydrogen-bond acceptors (Lipinski definition) is 15. The smallest absolute Gasteiger partial charge is 0.462 e. The Kier molecular flexibility index (Phi) is 77.3. The molecule has 3 unspecified atom stereocenters. The van der Waals surface area contributed by atoms with E-state index in [-0.39, 0.29) is 25.7 Å². The molecule has 0 aliphatic carbocycles. The van der Waals surface area contributed by atoms with E-state index in [9.17, 15) is 43.2 Å². The van der Waals surface area contributed by atoms with Crippen LogP contribution in [0.5, 0.6) is 0 Å². The normalized spacial score (nSPS) is 14.0. The van der Waals surface area contributed by atoms with Crippen LogP contribution in [-0.4, -0.2) is 96.7 Å². The van der Waals surface area contributed by atoms with E-state index >= 15 is 0 Å². The molecule has 0 aliphatic heterocycles. The summed E-state index contributed by atoms with van der Waals surface area (Å²) < 4.78 is 68.9. The molecule has 0 aromatic carbocycles. The Hall–Kier alpha value is -1.94. The zero-order valence-electron chi connectivity index (χ0n) is 68.9. The number of phosphoric ester groups is 2. The van der Waals surface area contributed by atoms with Crippen molar-refractivity contribution in [1.29, 1.82) is 0 Å². The second-order valence-corrected chi connectivity index (χ2v) is 34.1. The Morgan fingerprint density at radius 2 is 0.457 bits per heavy atom. The maximum atomic E-state index is 13.1. The summed E-state index contributed by atoms with van der Waals surface area (Å²) in [5.74, 6) is -1.32. The number of carbonyl (C=O) groups excluding carboxylic acids is 4. The van der Waals surface area contributed by atoms with Crippen LogP contribution >= 0.6 is 15.6 Å². The van der Waals surface area contributed by atoms with Crippen molar-refractivity contribution in [2.24, 2.45) is 5.92 Å². The van der Waals surface area contributed by atoms with Crippen molar-refractivity contribution in [3.63, 3.8) is 0 Å². The van der Waals surface area contributed by atoms with Crippen LogP contribution in [-0.2, 0) is 65.4 Å². The molecule has 0 spiro atoms. The molecule has 6 atom stereocenters. The number of carbonyl (C=O) groups is 4. The van der Waals surface area contributed by atoms with Gasteiger partial charge in [0.25, 0.3) is 0 Å². The van der Waals surface area contributed by atoms with Crippen LogP contribution in [0.3, 0.4) is 0 Å². The maximum absolute atomic E-state index is 13.1. The van der Waals surface area contributed by atoms with Crippen molar-refractivity contribution in [3.8, 4) is 0 Å². The van der Waals surface area contributed by atoms with Crippen molar-refractivity contribution < 1.29 is 80.2 Å². The number of hydrogen-bond donors (Lipinski definition) is 3. The molecule has 0 bridgehead atoms. The van der Waals surface area contributed by atoms with E-state index in [0.717, 1.165) is 95.8 Å². The lowest BCUT2D eigenvalue weighted by molar-refractivity contribution is -0.161. The summed E-state index contributed by atoms with van der Waals surface area (Å²) in [6, 6.07) is 0. The van der Waals surface area contributed by atoms with Crippen LogP contribution in [0.1, 0.15) is 465 Å². The molecule has 0 aromatic heterocycles. The average molecular weight is 1540 g/mol. The SMILES string of the molecule is CCCCCCCCCCCCCCCCCCCCC(=O)OC[C@H](COP(=O)(O)OC[C@@H](O)COP(=O)(O)OC[C@@H](COC(=O)CCCCCCCCCCC(C)CC)OC(=O)CCCCCCCCCCCCCCCCCCC)OC(=O)CCCCCCCCCCCCCCCCCCCC. The molecule has 17 nitrogen and oxygen atoms in total. The third kappa shape index (κ3) is 78.5. The summed E-state index contributed by atoms with van der Waals surface area (Å²) in [5, 5.41) is 10.7. The molecular weight excluding hydrogens is 1370 g/mol. The van der Waals surface area contributed by atoms with E-state index in [1.165, 1.54) is 289 Å². The molecule has 0 saturated heterocycles. The molecule has 0 aliphatic rings. The van der Waals surface area contributed by atoms with Gasteiger partial charge < -0.3 is 33.8 Å². The quantitative estimate of drug-likeness (QED) is 0.0222. The first-order valence-corrected chi connectivity index (χ1v) is 47.7. The standard InChI is InChI=1S/C86H168O17P2/c1-6-10-13-16-19-22-25-28-31-34-37-39-42-45-48-54-59-64-69-83(88)96-75-81(102-85(90)71-67-62-57-50-47-44-41-38-35-32-29-26-23-20-17-14-11-7-2)77-100-104(92,93)98-73-80(87)74-99-105(94,95)101-78-82(76-97-84(89)70-65-60-55-52-51-53-58-63-68-79(5)9-4)103-86(91)72-66-61-56-49-46-43-40-36-33-30-27-24-21-18-15-12-8-3/h79-82,87H,6-78H2,1-5H3,(H,92,93)(H,94,95)/t79?,80-,81-,82-/m1/s1. The topological polar surface area (TPSA) is 237 Å². The fourth-order valence-corrected chi connectivity index (χ4v) is 15.0. The molecule has 0 fully saturated rings. The van der Waals surface area contributed by atoms with Crippen molar-refractivity contribution >= 4 is 39.5 Å². The van der Waals surface area contributed by atoms with Gasteiger partial charge in [-0.3, -0.25) is 37.3 Å². The van der Waals surface area contributed by atoms with Gasteiger partial charge in [0, 0.05) is 25.7 Å². The van der Waals surface area contributed by atoms with Crippen LogP contribution in [0.2, 0.25) is 0 Å². The summed E-state index contributed by atoms with van der Waals surface area (Å²) in [4.78, 5) is 73.3. The van der Waals surface area contributed by atoms with Gasteiger partial charge >= 0.3 is 39.5 Å². The zero-order valence-corrected chi connectivity index (χ0v) is 70.7. The van der Waals surface area contributed by atoms with Crippen molar-refractivity contribution in [2.75, 3.05) is 39.6 Å². The average Bonchev–Trinajstić information content (AvgIpc) is 0.925. The van der Waals surface area contributed by atoms with Gasteiger partial charge in [0.05, 0.1) is 26.4 Å². The molecule has 0 amide bonds. The first-order valence-electron chi connectivity index (χ1n) is 44.7. The Bertz CT molecular complexity index is 2000. The van der Waals surface area contributed by atoms with Gasteiger partial charge in [-0.2, -0.15) is 0 Å². The number of aliphatic hydroxyl groups excluding tert-OH is 1. The van der Waals surface area contributed by atoms with E-state index in [4.69, 9.17) is 37.0 Å². The monoisotopic (exact) mass is 1540 g/mol. The second kappa shape index (κ2) is 78.7. The number of rotatable bonds is 86.